The van der Waals surface area contributed by atoms with Gasteiger partial charge in [-0.2, -0.15) is 0 Å². The molecule has 2 aliphatic rings. The third-order valence-corrected chi connectivity index (χ3v) is 6.26. The van der Waals surface area contributed by atoms with Crippen molar-refractivity contribution in [1.82, 2.24) is 19.5 Å². The summed E-state index contributed by atoms with van der Waals surface area (Å²) < 4.78 is 8.54. The number of nitrogens with one attached hydrogen (secondary N) is 1. The highest BCUT2D eigenvalue weighted by Crippen LogP contribution is 2.40. The quantitative estimate of drug-likeness (QED) is 0.576. The molecule has 146 valence electrons. The van der Waals surface area contributed by atoms with Crippen molar-refractivity contribution in [2.75, 3.05) is 24.6 Å². The Kier molecular flexibility index (Phi) is 3.82. The maximum Gasteiger partial charge on any atom is 0.207 e. The molecule has 0 aliphatic carbocycles. The molecule has 2 aromatic carbocycles. The minimum Gasteiger partial charge on any atom is -0.489 e. The van der Waals surface area contributed by atoms with Crippen LogP contribution in [0.4, 0.5) is 5.95 Å². The van der Waals surface area contributed by atoms with Crippen molar-refractivity contribution in [3.8, 4) is 5.75 Å². The first kappa shape index (κ1) is 16.7. The topological polar surface area (TPSA) is 59.0 Å². The number of H-pyrrole nitrogens is 1. The fourth-order valence-electron chi connectivity index (χ4n) is 4.77. The Balaban J connectivity index is 1.40. The average molecular weight is 385 g/mol. The van der Waals surface area contributed by atoms with Crippen LogP contribution in [0.2, 0.25) is 0 Å². The largest absolute Gasteiger partial charge is 0.489 e. The van der Waals surface area contributed by atoms with Crippen LogP contribution >= 0.6 is 0 Å². The number of hydrogen-bond acceptors (Lipinski definition) is 4. The molecule has 2 aliphatic heterocycles. The van der Waals surface area contributed by atoms with Crippen LogP contribution < -0.4 is 9.64 Å². The van der Waals surface area contributed by atoms with Crippen LogP contribution in [0.1, 0.15) is 36.1 Å². The fraction of sp³-hybridized carbons (Fsp3) is 0.304. The summed E-state index contributed by atoms with van der Waals surface area (Å²) in [5, 5.41) is 0. The molecule has 0 unspecified atom stereocenters. The van der Waals surface area contributed by atoms with Crippen molar-refractivity contribution in [3.05, 3.63) is 72.3 Å². The zero-order valence-electron chi connectivity index (χ0n) is 16.2. The van der Waals surface area contributed by atoms with Crippen LogP contribution in [0.3, 0.4) is 0 Å². The Hall–Kier alpha value is -3.28. The van der Waals surface area contributed by atoms with Gasteiger partial charge in [-0.05, 0) is 30.5 Å². The van der Waals surface area contributed by atoms with Crippen LogP contribution in [0.15, 0.2) is 61.1 Å². The number of hydrogen-bond donors (Lipinski definition) is 1. The van der Waals surface area contributed by atoms with Crippen molar-refractivity contribution in [2.24, 2.45) is 0 Å². The molecule has 6 nitrogen and oxygen atoms in total. The van der Waals surface area contributed by atoms with E-state index in [-0.39, 0.29) is 6.04 Å². The molecule has 1 atom stereocenters. The number of piperidine rings is 1. The normalized spacial score (nSPS) is 19.4. The summed E-state index contributed by atoms with van der Waals surface area (Å²) in [6.07, 6.45) is 5.99. The lowest BCUT2D eigenvalue weighted by atomic mass is 9.94. The summed E-state index contributed by atoms with van der Waals surface area (Å²) in [5.74, 6) is 2.51. The van der Waals surface area contributed by atoms with Crippen molar-refractivity contribution < 1.29 is 4.74 Å². The minimum absolute atomic E-state index is 0.134. The van der Waals surface area contributed by atoms with Gasteiger partial charge in [0.1, 0.15) is 17.9 Å². The van der Waals surface area contributed by atoms with Gasteiger partial charge in [-0.3, -0.25) is 4.57 Å². The molecule has 0 saturated carbocycles. The molecular weight excluding hydrogens is 362 g/mol. The second-order valence-electron chi connectivity index (χ2n) is 7.90. The zero-order valence-corrected chi connectivity index (χ0v) is 16.2. The highest BCUT2D eigenvalue weighted by atomic mass is 16.5. The number of imidazole rings is 2. The molecule has 6 heteroatoms. The summed E-state index contributed by atoms with van der Waals surface area (Å²) in [7, 11) is 0. The summed E-state index contributed by atoms with van der Waals surface area (Å²) >= 11 is 0. The van der Waals surface area contributed by atoms with Gasteiger partial charge in [0.05, 0.1) is 23.6 Å². The number of aromatic nitrogens is 4. The molecule has 4 aromatic rings. The van der Waals surface area contributed by atoms with E-state index in [9.17, 15) is 0 Å². The number of nitrogens with zero attached hydrogens (tertiary/aromatic N) is 4. The van der Waals surface area contributed by atoms with Gasteiger partial charge in [-0.1, -0.05) is 36.4 Å². The van der Waals surface area contributed by atoms with Gasteiger partial charge in [-0.15, -0.1) is 0 Å². The number of ether oxygens (including phenoxy) is 1. The third kappa shape index (κ3) is 2.70. The van der Waals surface area contributed by atoms with Gasteiger partial charge in [0.25, 0.3) is 0 Å². The Morgan fingerprint density at radius 2 is 1.86 bits per heavy atom. The second-order valence-corrected chi connectivity index (χ2v) is 7.90. The Morgan fingerprint density at radius 3 is 2.66 bits per heavy atom. The van der Waals surface area contributed by atoms with E-state index < -0.39 is 0 Å². The third-order valence-electron chi connectivity index (χ3n) is 6.26. The molecule has 1 saturated heterocycles. The SMILES string of the molecule is c1ccc([C@@H]2COc3cccc4nc(N5CCC(c6c[nH]cn6)CC5)n2c34)cc1. The summed E-state index contributed by atoms with van der Waals surface area (Å²) in [6.45, 7) is 2.60. The predicted octanol–water partition coefficient (Wildman–Crippen LogP) is 4.13. The molecular formula is C23H23N5O. The van der Waals surface area contributed by atoms with Gasteiger partial charge in [-0.25, -0.2) is 9.97 Å². The Morgan fingerprint density at radius 1 is 1.00 bits per heavy atom. The van der Waals surface area contributed by atoms with Crippen LogP contribution in [-0.2, 0) is 0 Å². The van der Waals surface area contributed by atoms with E-state index in [0.717, 1.165) is 48.7 Å². The van der Waals surface area contributed by atoms with Crippen LogP contribution in [0.25, 0.3) is 11.0 Å². The molecule has 1 fully saturated rings. The lowest BCUT2D eigenvalue weighted by Crippen LogP contribution is -2.36. The van der Waals surface area contributed by atoms with Crippen LogP contribution in [0.5, 0.6) is 5.75 Å². The zero-order chi connectivity index (χ0) is 19.2. The minimum atomic E-state index is 0.134. The van der Waals surface area contributed by atoms with Crippen molar-refractivity contribution in [1.29, 1.82) is 0 Å². The summed E-state index contributed by atoms with van der Waals surface area (Å²) in [6, 6.07) is 16.9. The highest BCUT2D eigenvalue weighted by Gasteiger charge is 2.32. The van der Waals surface area contributed by atoms with Crippen molar-refractivity contribution in [2.45, 2.75) is 24.8 Å². The predicted molar refractivity (Wildman–Crippen MR) is 113 cm³/mol. The van der Waals surface area contributed by atoms with E-state index in [1.165, 1.54) is 11.3 Å². The first-order chi connectivity index (χ1) is 14.4. The molecule has 0 amide bonds. The van der Waals surface area contributed by atoms with Crippen LogP contribution in [0, 0.1) is 0 Å². The van der Waals surface area contributed by atoms with Gasteiger partial charge < -0.3 is 14.6 Å². The number of para-hydroxylation sites is 1. The standard InChI is InChI=1S/C23H23N5O/c1-2-5-17(6-3-1)20-14-29-21-8-4-7-18-22(21)28(20)23(26-18)27-11-9-16(10-12-27)19-13-24-15-25-19/h1-8,13,15-16,20H,9-12,14H2,(H,24,25)/t20-/m0/s1. The summed E-state index contributed by atoms with van der Waals surface area (Å²) in [4.78, 5) is 15.1. The van der Waals surface area contributed by atoms with E-state index in [4.69, 9.17) is 9.72 Å². The maximum atomic E-state index is 6.14. The first-order valence-corrected chi connectivity index (χ1v) is 10.3. The van der Waals surface area contributed by atoms with E-state index in [1.807, 2.05) is 12.3 Å². The van der Waals surface area contributed by atoms with Gasteiger partial charge in [0, 0.05) is 25.2 Å². The molecule has 29 heavy (non-hydrogen) atoms. The monoisotopic (exact) mass is 385 g/mol. The Labute approximate surface area is 169 Å². The number of aromatic amines is 1. The van der Waals surface area contributed by atoms with Crippen molar-refractivity contribution >= 4 is 17.0 Å². The molecule has 0 spiro atoms. The molecule has 4 heterocycles. The smallest absolute Gasteiger partial charge is 0.207 e. The van der Waals surface area contributed by atoms with Crippen molar-refractivity contribution in [3.63, 3.8) is 0 Å². The average Bonchev–Trinajstić information content (AvgIpc) is 3.45. The number of anilines is 1. The molecule has 2 aromatic heterocycles. The number of rotatable bonds is 3. The van der Waals surface area contributed by atoms with Gasteiger partial charge in [0.2, 0.25) is 5.95 Å². The highest BCUT2D eigenvalue weighted by molar-refractivity contribution is 5.86. The molecule has 0 bridgehead atoms. The second kappa shape index (κ2) is 6.65. The molecule has 6 rings (SSSR count). The summed E-state index contributed by atoms with van der Waals surface area (Å²) in [5.41, 5.74) is 4.55. The maximum absolute atomic E-state index is 6.14. The van der Waals surface area contributed by atoms with E-state index in [1.54, 1.807) is 6.33 Å². The number of benzene rings is 2. The first-order valence-electron chi connectivity index (χ1n) is 10.3. The lowest BCUT2D eigenvalue weighted by molar-refractivity contribution is 0.259. The van der Waals surface area contributed by atoms with E-state index in [0.29, 0.717) is 12.5 Å². The van der Waals surface area contributed by atoms with E-state index >= 15 is 0 Å². The van der Waals surface area contributed by atoms with Gasteiger partial charge in [0.15, 0.2) is 0 Å². The van der Waals surface area contributed by atoms with E-state index in [2.05, 4.69) is 61.9 Å². The molecule has 1 N–H and O–H groups in total. The Bertz CT molecular complexity index is 1130. The fourth-order valence-corrected chi connectivity index (χ4v) is 4.77. The van der Waals surface area contributed by atoms with Gasteiger partial charge >= 0.3 is 0 Å². The lowest BCUT2D eigenvalue weighted by Gasteiger charge is -2.35. The van der Waals surface area contributed by atoms with Crippen LogP contribution in [-0.4, -0.2) is 39.2 Å². The molecule has 0 radical (unpaired) electrons.